The number of para-hydroxylation sites is 1. The maximum Gasteiger partial charge on any atom is 0.239 e. The van der Waals surface area contributed by atoms with E-state index in [4.69, 9.17) is 4.74 Å². The average Bonchev–Trinajstić information content (AvgIpc) is 3.02. The number of aryl methyl sites for hydroxylation is 2. The number of hydrogen-bond acceptors (Lipinski definition) is 4. The van der Waals surface area contributed by atoms with E-state index in [0.717, 1.165) is 28.3 Å². The standard InChI is InChI=1S/C22H26N4O2/c1-16-7-5-6-8-20(16)26-21(13-17(2)24-26)23-22(27)15-25(3)14-18-9-11-19(28-4)12-10-18/h5-13H,14-15H2,1-4H3,(H,23,27). The molecule has 1 N–H and O–H groups in total. The Bertz CT molecular complexity index is 947. The van der Waals surface area contributed by atoms with Crippen LogP contribution < -0.4 is 10.1 Å². The van der Waals surface area contributed by atoms with E-state index in [-0.39, 0.29) is 12.5 Å². The van der Waals surface area contributed by atoms with Gasteiger partial charge in [0.25, 0.3) is 0 Å². The molecular weight excluding hydrogens is 352 g/mol. The third kappa shape index (κ3) is 4.78. The van der Waals surface area contributed by atoms with Crippen molar-refractivity contribution in [2.24, 2.45) is 0 Å². The van der Waals surface area contributed by atoms with E-state index in [9.17, 15) is 4.79 Å². The normalized spacial score (nSPS) is 10.9. The molecule has 0 atom stereocenters. The number of likely N-dealkylation sites (N-methyl/N-ethyl adjacent to an activating group) is 1. The highest BCUT2D eigenvalue weighted by molar-refractivity contribution is 5.91. The first-order valence-electron chi connectivity index (χ1n) is 9.20. The number of nitrogens with one attached hydrogen (secondary N) is 1. The number of ether oxygens (including phenoxy) is 1. The van der Waals surface area contributed by atoms with Gasteiger partial charge in [0.05, 0.1) is 25.0 Å². The van der Waals surface area contributed by atoms with E-state index in [1.54, 1.807) is 11.8 Å². The van der Waals surface area contributed by atoms with Gasteiger partial charge >= 0.3 is 0 Å². The highest BCUT2D eigenvalue weighted by atomic mass is 16.5. The van der Waals surface area contributed by atoms with Gasteiger partial charge in [-0.2, -0.15) is 5.10 Å². The van der Waals surface area contributed by atoms with Gasteiger partial charge in [-0.1, -0.05) is 30.3 Å². The molecule has 1 aromatic heterocycles. The van der Waals surface area contributed by atoms with Crippen LogP contribution in [-0.4, -0.2) is 41.3 Å². The molecule has 3 aromatic rings. The molecule has 0 saturated heterocycles. The Morgan fingerprint density at radius 2 is 1.86 bits per heavy atom. The summed E-state index contributed by atoms with van der Waals surface area (Å²) in [5.41, 5.74) is 4.03. The number of anilines is 1. The van der Waals surface area contributed by atoms with Crippen LogP contribution in [0.1, 0.15) is 16.8 Å². The average molecular weight is 378 g/mol. The maximum atomic E-state index is 12.6. The summed E-state index contributed by atoms with van der Waals surface area (Å²) >= 11 is 0. The largest absolute Gasteiger partial charge is 0.497 e. The van der Waals surface area contributed by atoms with E-state index in [2.05, 4.69) is 10.4 Å². The van der Waals surface area contributed by atoms with E-state index >= 15 is 0 Å². The molecule has 0 aliphatic carbocycles. The first-order valence-corrected chi connectivity index (χ1v) is 9.20. The zero-order valence-corrected chi connectivity index (χ0v) is 16.8. The number of benzene rings is 2. The summed E-state index contributed by atoms with van der Waals surface area (Å²) in [6.45, 7) is 4.90. The number of carbonyl (C=O) groups is 1. The number of aromatic nitrogens is 2. The van der Waals surface area contributed by atoms with Gasteiger partial charge in [-0.05, 0) is 50.2 Å². The number of amides is 1. The van der Waals surface area contributed by atoms with Crippen LogP contribution in [0.5, 0.6) is 5.75 Å². The van der Waals surface area contributed by atoms with Crippen LogP contribution in [0.2, 0.25) is 0 Å². The highest BCUT2D eigenvalue weighted by Gasteiger charge is 2.14. The molecule has 2 aromatic carbocycles. The Balaban J connectivity index is 1.65. The lowest BCUT2D eigenvalue weighted by Crippen LogP contribution is -2.30. The molecule has 6 heteroatoms. The predicted molar refractivity (Wildman–Crippen MR) is 111 cm³/mol. The van der Waals surface area contributed by atoms with Crippen molar-refractivity contribution in [3.05, 3.63) is 71.4 Å². The lowest BCUT2D eigenvalue weighted by Gasteiger charge is -2.17. The Kier molecular flexibility index (Phi) is 6.11. The monoisotopic (exact) mass is 378 g/mol. The predicted octanol–water partition coefficient (Wildman–Crippen LogP) is 3.57. The van der Waals surface area contributed by atoms with Crippen LogP contribution in [0.3, 0.4) is 0 Å². The second-order valence-corrected chi connectivity index (χ2v) is 6.94. The molecule has 0 unspecified atom stereocenters. The molecule has 3 rings (SSSR count). The Labute approximate surface area is 165 Å². The molecule has 6 nitrogen and oxygen atoms in total. The van der Waals surface area contributed by atoms with Crippen LogP contribution in [0.4, 0.5) is 5.82 Å². The second kappa shape index (κ2) is 8.71. The quantitative estimate of drug-likeness (QED) is 0.683. The molecule has 0 radical (unpaired) electrons. The zero-order valence-electron chi connectivity index (χ0n) is 16.8. The molecule has 1 heterocycles. The molecule has 0 saturated carbocycles. The van der Waals surface area contributed by atoms with Crippen molar-refractivity contribution < 1.29 is 9.53 Å². The van der Waals surface area contributed by atoms with E-state index in [0.29, 0.717) is 12.4 Å². The summed E-state index contributed by atoms with van der Waals surface area (Å²) in [7, 11) is 3.57. The molecule has 146 valence electrons. The van der Waals surface area contributed by atoms with Gasteiger partial charge in [0.15, 0.2) is 0 Å². The van der Waals surface area contributed by atoms with Crippen LogP contribution >= 0.6 is 0 Å². The van der Waals surface area contributed by atoms with Gasteiger partial charge < -0.3 is 10.1 Å². The third-order valence-corrected chi connectivity index (χ3v) is 4.47. The van der Waals surface area contributed by atoms with Crippen LogP contribution in [0.15, 0.2) is 54.6 Å². The highest BCUT2D eigenvalue weighted by Crippen LogP contribution is 2.20. The van der Waals surface area contributed by atoms with E-state index < -0.39 is 0 Å². The SMILES string of the molecule is COc1ccc(CN(C)CC(=O)Nc2cc(C)nn2-c2ccccc2C)cc1. The number of rotatable bonds is 7. The first-order chi connectivity index (χ1) is 13.5. The summed E-state index contributed by atoms with van der Waals surface area (Å²) in [4.78, 5) is 14.5. The van der Waals surface area contributed by atoms with Crippen molar-refractivity contribution in [3.8, 4) is 11.4 Å². The zero-order chi connectivity index (χ0) is 20.1. The molecule has 0 fully saturated rings. The minimum atomic E-state index is -0.0780. The molecule has 0 aliphatic rings. The van der Waals surface area contributed by atoms with Crippen molar-refractivity contribution in [2.75, 3.05) is 26.0 Å². The lowest BCUT2D eigenvalue weighted by atomic mass is 10.2. The minimum Gasteiger partial charge on any atom is -0.497 e. The van der Waals surface area contributed by atoms with Gasteiger partial charge in [-0.25, -0.2) is 4.68 Å². The van der Waals surface area contributed by atoms with Crippen LogP contribution in [-0.2, 0) is 11.3 Å². The van der Waals surface area contributed by atoms with E-state index in [1.807, 2.05) is 80.4 Å². The van der Waals surface area contributed by atoms with E-state index in [1.165, 1.54) is 0 Å². The van der Waals surface area contributed by atoms with Crippen molar-refractivity contribution in [3.63, 3.8) is 0 Å². The number of carbonyl (C=O) groups excluding carboxylic acids is 1. The summed E-state index contributed by atoms with van der Waals surface area (Å²) in [6, 6.07) is 17.7. The molecule has 0 bridgehead atoms. The summed E-state index contributed by atoms with van der Waals surface area (Å²) in [5, 5.41) is 7.53. The van der Waals surface area contributed by atoms with Crippen molar-refractivity contribution in [1.29, 1.82) is 0 Å². The minimum absolute atomic E-state index is 0.0780. The number of nitrogens with zero attached hydrogens (tertiary/aromatic N) is 3. The fourth-order valence-electron chi connectivity index (χ4n) is 3.10. The summed E-state index contributed by atoms with van der Waals surface area (Å²) in [6.07, 6.45) is 0. The smallest absolute Gasteiger partial charge is 0.239 e. The van der Waals surface area contributed by atoms with Gasteiger partial charge in [-0.3, -0.25) is 9.69 Å². The Hall–Kier alpha value is -3.12. The number of hydrogen-bond donors (Lipinski definition) is 1. The van der Waals surface area contributed by atoms with Crippen LogP contribution in [0, 0.1) is 13.8 Å². The molecule has 1 amide bonds. The van der Waals surface area contributed by atoms with Crippen molar-refractivity contribution >= 4 is 11.7 Å². The molecule has 28 heavy (non-hydrogen) atoms. The van der Waals surface area contributed by atoms with Crippen LogP contribution in [0.25, 0.3) is 5.69 Å². The fraction of sp³-hybridized carbons (Fsp3) is 0.273. The van der Waals surface area contributed by atoms with Crippen molar-refractivity contribution in [1.82, 2.24) is 14.7 Å². The molecule has 0 spiro atoms. The van der Waals surface area contributed by atoms with Gasteiger partial charge in [0.2, 0.25) is 5.91 Å². The van der Waals surface area contributed by atoms with Gasteiger partial charge in [0, 0.05) is 12.6 Å². The molecule has 0 aliphatic heterocycles. The molecular formula is C22H26N4O2. The van der Waals surface area contributed by atoms with Gasteiger partial charge in [-0.15, -0.1) is 0 Å². The Morgan fingerprint density at radius 1 is 1.14 bits per heavy atom. The summed E-state index contributed by atoms with van der Waals surface area (Å²) < 4.78 is 6.96. The first kappa shape index (κ1) is 19.6. The number of methoxy groups -OCH3 is 1. The maximum absolute atomic E-state index is 12.6. The third-order valence-electron chi connectivity index (χ3n) is 4.47. The van der Waals surface area contributed by atoms with Gasteiger partial charge in [0.1, 0.15) is 11.6 Å². The Morgan fingerprint density at radius 3 is 2.54 bits per heavy atom. The fourth-order valence-corrected chi connectivity index (χ4v) is 3.10. The summed E-state index contributed by atoms with van der Waals surface area (Å²) in [5.74, 6) is 1.42. The topological polar surface area (TPSA) is 59.4 Å². The second-order valence-electron chi connectivity index (χ2n) is 6.94. The lowest BCUT2D eigenvalue weighted by molar-refractivity contribution is -0.117. The van der Waals surface area contributed by atoms with Crippen molar-refractivity contribution in [2.45, 2.75) is 20.4 Å².